The maximum Gasteiger partial charge on any atom is 0.248 e. The maximum absolute atomic E-state index is 11.5. The fraction of sp³-hybridized carbons (Fsp3) is 0.550. The molecule has 0 bridgehead atoms. The molecule has 2 aliphatic rings. The number of H-pyrrole nitrogens is 1. The van der Waals surface area contributed by atoms with Crippen molar-refractivity contribution >= 4 is 6.08 Å². The monoisotopic (exact) mass is 343 g/mol. The quantitative estimate of drug-likeness (QED) is 0.778. The molecule has 2 N–H and O–H groups in total. The van der Waals surface area contributed by atoms with E-state index in [9.17, 15) is 4.79 Å². The third kappa shape index (κ3) is 5.31. The molecule has 5 nitrogen and oxygen atoms in total. The van der Waals surface area contributed by atoms with Crippen LogP contribution in [0.4, 0.5) is 0 Å². The molecule has 1 aromatic rings. The summed E-state index contributed by atoms with van der Waals surface area (Å²) < 4.78 is 6.05. The van der Waals surface area contributed by atoms with E-state index in [1.54, 1.807) is 6.07 Å². The van der Waals surface area contributed by atoms with Crippen molar-refractivity contribution in [3.63, 3.8) is 0 Å². The van der Waals surface area contributed by atoms with Crippen LogP contribution in [0.2, 0.25) is 0 Å². The van der Waals surface area contributed by atoms with Crippen LogP contribution >= 0.6 is 0 Å². The summed E-state index contributed by atoms with van der Waals surface area (Å²) in [6.07, 6.45) is 8.11. The first kappa shape index (κ1) is 18.0. The number of pyridine rings is 1. The number of hydrogen-bond acceptors (Lipinski definition) is 4. The van der Waals surface area contributed by atoms with Crippen molar-refractivity contribution in [2.45, 2.75) is 32.6 Å². The molecule has 136 valence electrons. The van der Waals surface area contributed by atoms with Crippen LogP contribution < -0.4 is 10.9 Å². The number of rotatable bonds is 6. The molecule has 0 unspecified atom stereocenters. The van der Waals surface area contributed by atoms with E-state index in [0.29, 0.717) is 0 Å². The number of aromatic nitrogens is 1. The molecule has 25 heavy (non-hydrogen) atoms. The maximum atomic E-state index is 11.5. The Morgan fingerprint density at radius 1 is 1.12 bits per heavy atom. The molecule has 0 saturated carbocycles. The molecule has 1 aliphatic carbocycles. The number of aryl methyl sites for hydroxylation is 1. The summed E-state index contributed by atoms with van der Waals surface area (Å²) in [4.78, 5) is 16.9. The van der Waals surface area contributed by atoms with Crippen molar-refractivity contribution in [1.29, 1.82) is 0 Å². The van der Waals surface area contributed by atoms with Gasteiger partial charge in [-0.3, -0.25) is 4.79 Å². The summed E-state index contributed by atoms with van der Waals surface area (Å²) in [6, 6.07) is 3.47. The average molecular weight is 343 g/mol. The van der Waals surface area contributed by atoms with Gasteiger partial charge in [0.15, 0.2) is 0 Å². The van der Waals surface area contributed by atoms with Gasteiger partial charge in [-0.15, -0.1) is 0 Å². The second kappa shape index (κ2) is 9.02. The highest BCUT2D eigenvalue weighted by Crippen LogP contribution is 2.21. The second-order valence-corrected chi connectivity index (χ2v) is 6.88. The Kier molecular flexibility index (Phi) is 6.48. The zero-order valence-electron chi connectivity index (χ0n) is 15.1. The standard InChI is InChI=1S/C20H29N3O2/c1-16-4-7-18-17(6-9-20(24)22-18)5-8-19(16)25-15-3-2-12-23-13-10-21-11-14-23/h5-6,8-9,21H,2-4,7,10-15H2,1H3,(H,22,24). The van der Waals surface area contributed by atoms with E-state index < -0.39 is 0 Å². The Hall–Kier alpha value is -1.85. The highest BCUT2D eigenvalue weighted by molar-refractivity contribution is 5.55. The van der Waals surface area contributed by atoms with Gasteiger partial charge in [0, 0.05) is 37.9 Å². The van der Waals surface area contributed by atoms with Gasteiger partial charge in [0.05, 0.1) is 6.61 Å². The largest absolute Gasteiger partial charge is 0.494 e. The van der Waals surface area contributed by atoms with E-state index >= 15 is 0 Å². The highest BCUT2D eigenvalue weighted by atomic mass is 16.5. The summed E-state index contributed by atoms with van der Waals surface area (Å²) in [7, 11) is 0. The van der Waals surface area contributed by atoms with Crippen molar-refractivity contribution in [2.24, 2.45) is 0 Å². The number of hydrogen-bond donors (Lipinski definition) is 2. The number of fused-ring (bicyclic) bond motifs is 1. The van der Waals surface area contributed by atoms with Gasteiger partial charge in [0.2, 0.25) is 5.56 Å². The second-order valence-electron chi connectivity index (χ2n) is 6.88. The predicted molar refractivity (Wildman–Crippen MR) is 102 cm³/mol. The fourth-order valence-electron chi connectivity index (χ4n) is 3.36. The molecular weight excluding hydrogens is 314 g/mol. The summed E-state index contributed by atoms with van der Waals surface area (Å²) in [5.74, 6) is 0.985. The first-order valence-electron chi connectivity index (χ1n) is 9.38. The number of nitrogens with zero attached hydrogens (tertiary/aromatic N) is 1. The third-order valence-electron chi connectivity index (χ3n) is 4.96. The van der Waals surface area contributed by atoms with Crippen LogP contribution in [0.3, 0.4) is 0 Å². The van der Waals surface area contributed by atoms with Gasteiger partial charge in [-0.05, 0) is 68.5 Å². The van der Waals surface area contributed by atoms with Crippen LogP contribution in [0.15, 0.2) is 34.3 Å². The van der Waals surface area contributed by atoms with Crippen molar-refractivity contribution in [3.8, 4) is 0 Å². The number of nitrogens with one attached hydrogen (secondary N) is 2. The Balaban J connectivity index is 1.48. The van der Waals surface area contributed by atoms with E-state index in [0.717, 1.165) is 69.1 Å². The molecule has 5 heteroatoms. The number of allylic oxidation sites excluding steroid dienone is 2. The van der Waals surface area contributed by atoms with Crippen molar-refractivity contribution in [3.05, 3.63) is 51.2 Å². The average Bonchev–Trinajstić information content (AvgIpc) is 2.62. The van der Waals surface area contributed by atoms with Gasteiger partial charge < -0.3 is 19.9 Å². The molecule has 0 amide bonds. The van der Waals surface area contributed by atoms with Crippen LogP contribution in [-0.4, -0.2) is 49.2 Å². The number of aromatic amines is 1. The Morgan fingerprint density at radius 3 is 2.80 bits per heavy atom. The highest BCUT2D eigenvalue weighted by Gasteiger charge is 2.10. The van der Waals surface area contributed by atoms with E-state index in [1.807, 2.05) is 18.2 Å². The SMILES string of the molecule is CC1=C(OCCCCN2CCNCC2)C=Cc2ccc(=O)[nH]c2CC1. The normalized spacial score (nSPS) is 18.6. The van der Waals surface area contributed by atoms with Crippen LogP contribution in [0.1, 0.15) is 37.4 Å². The van der Waals surface area contributed by atoms with Crippen molar-refractivity contribution in [1.82, 2.24) is 15.2 Å². The lowest BCUT2D eigenvalue weighted by Crippen LogP contribution is -2.43. The van der Waals surface area contributed by atoms with Crippen molar-refractivity contribution in [2.75, 3.05) is 39.3 Å². The summed E-state index contributed by atoms with van der Waals surface area (Å²) in [5, 5.41) is 3.39. The molecule has 3 rings (SSSR count). The summed E-state index contributed by atoms with van der Waals surface area (Å²) in [6.45, 7) is 8.60. The van der Waals surface area contributed by atoms with Gasteiger partial charge in [-0.1, -0.05) is 0 Å². The first-order valence-corrected chi connectivity index (χ1v) is 9.38. The lowest BCUT2D eigenvalue weighted by molar-refractivity contribution is 0.195. The lowest BCUT2D eigenvalue weighted by atomic mass is 10.0. The van der Waals surface area contributed by atoms with Crippen LogP contribution in [0, 0.1) is 0 Å². The minimum Gasteiger partial charge on any atom is -0.494 e. The fourth-order valence-corrected chi connectivity index (χ4v) is 3.36. The van der Waals surface area contributed by atoms with Crippen LogP contribution in [0.25, 0.3) is 6.08 Å². The van der Waals surface area contributed by atoms with Crippen LogP contribution in [-0.2, 0) is 11.2 Å². The molecule has 1 aliphatic heterocycles. The summed E-state index contributed by atoms with van der Waals surface area (Å²) in [5.41, 5.74) is 3.30. The number of piperazine rings is 1. The Bertz CT molecular complexity index is 684. The molecule has 0 radical (unpaired) electrons. The molecule has 2 heterocycles. The van der Waals surface area contributed by atoms with Gasteiger partial charge in [-0.2, -0.15) is 0 Å². The van der Waals surface area contributed by atoms with E-state index in [4.69, 9.17) is 4.74 Å². The first-order chi connectivity index (χ1) is 12.2. The predicted octanol–water partition coefficient (Wildman–Crippen LogP) is 2.31. The van der Waals surface area contributed by atoms with Crippen LogP contribution in [0.5, 0.6) is 0 Å². The van der Waals surface area contributed by atoms with Gasteiger partial charge in [0.1, 0.15) is 5.76 Å². The third-order valence-corrected chi connectivity index (χ3v) is 4.96. The molecule has 1 fully saturated rings. The zero-order chi connectivity index (χ0) is 17.5. The van der Waals surface area contributed by atoms with Crippen molar-refractivity contribution < 1.29 is 4.74 Å². The molecular formula is C20H29N3O2. The smallest absolute Gasteiger partial charge is 0.248 e. The van der Waals surface area contributed by atoms with E-state index in [-0.39, 0.29) is 5.56 Å². The Labute approximate surface area is 149 Å². The van der Waals surface area contributed by atoms with Gasteiger partial charge in [-0.25, -0.2) is 0 Å². The molecule has 1 saturated heterocycles. The molecule has 1 aromatic heterocycles. The minimum absolute atomic E-state index is 0.0321. The number of unbranched alkanes of at least 4 members (excludes halogenated alkanes) is 1. The molecule has 0 atom stereocenters. The van der Waals surface area contributed by atoms with Gasteiger partial charge in [0.25, 0.3) is 0 Å². The Morgan fingerprint density at radius 2 is 1.96 bits per heavy atom. The van der Waals surface area contributed by atoms with Gasteiger partial charge >= 0.3 is 0 Å². The van der Waals surface area contributed by atoms with E-state index in [2.05, 4.69) is 22.1 Å². The topological polar surface area (TPSA) is 57.4 Å². The number of ether oxygens (including phenoxy) is 1. The zero-order valence-corrected chi connectivity index (χ0v) is 15.1. The minimum atomic E-state index is -0.0321. The lowest BCUT2D eigenvalue weighted by Gasteiger charge is -2.27. The summed E-state index contributed by atoms with van der Waals surface area (Å²) >= 11 is 0. The molecule has 0 spiro atoms. The van der Waals surface area contributed by atoms with E-state index in [1.165, 1.54) is 18.5 Å². The molecule has 0 aromatic carbocycles.